The normalized spacial score (nSPS) is 19.4. The average Bonchev–Trinajstić information content (AvgIpc) is 2.69. The van der Waals surface area contributed by atoms with Crippen LogP contribution in [0.1, 0.15) is 38.6 Å². The van der Waals surface area contributed by atoms with Gasteiger partial charge in [0.05, 0.1) is 23.2 Å². The lowest BCUT2D eigenvalue weighted by Gasteiger charge is -2.26. The van der Waals surface area contributed by atoms with Crippen molar-refractivity contribution in [3.8, 4) is 0 Å². The summed E-state index contributed by atoms with van der Waals surface area (Å²) in [7, 11) is 0. The van der Waals surface area contributed by atoms with Crippen LogP contribution in [0, 0.1) is 19.8 Å². The summed E-state index contributed by atoms with van der Waals surface area (Å²) >= 11 is 0. The number of aryl methyl sites for hydroxylation is 2. The van der Waals surface area contributed by atoms with Gasteiger partial charge >= 0.3 is 6.03 Å². The molecule has 22 heavy (non-hydrogen) atoms. The zero-order valence-electron chi connectivity index (χ0n) is 14.3. The minimum absolute atomic E-state index is 0.0574. The predicted molar refractivity (Wildman–Crippen MR) is 87.2 cm³/mol. The molecule has 1 N–H and O–H groups in total. The van der Waals surface area contributed by atoms with Crippen molar-refractivity contribution in [2.24, 2.45) is 5.92 Å². The van der Waals surface area contributed by atoms with Crippen LogP contribution in [0.25, 0.3) is 0 Å². The van der Waals surface area contributed by atoms with E-state index in [1.54, 1.807) is 0 Å². The predicted octanol–water partition coefficient (Wildman–Crippen LogP) is 2.80. The van der Waals surface area contributed by atoms with E-state index in [0.29, 0.717) is 12.5 Å². The summed E-state index contributed by atoms with van der Waals surface area (Å²) in [5.74, 6) is 0.403. The van der Waals surface area contributed by atoms with E-state index >= 15 is 0 Å². The third-order valence-electron chi connectivity index (χ3n) is 4.25. The topological polar surface area (TPSA) is 59.4 Å². The first-order valence-electron chi connectivity index (χ1n) is 8.15. The lowest BCUT2D eigenvalue weighted by Crippen LogP contribution is -2.41. The minimum Gasteiger partial charge on any atom is -0.376 e. The molecule has 0 spiro atoms. The number of rotatable bonds is 3. The molecule has 0 saturated carbocycles. The Balaban J connectivity index is 2.09. The highest BCUT2D eigenvalue weighted by Gasteiger charge is 2.25. The van der Waals surface area contributed by atoms with Gasteiger partial charge in [-0.25, -0.2) is 4.79 Å². The van der Waals surface area contributed by atoms with E-state index in [1.165, 1.54) is 0 Å². The Kier molecular flexibility index (Phi) is 5.45. The Bertz CT molecular complexity index is 524. The van der Waals surface area contributed by atoms with E-state index in [2.05, 4.69) is 24.3 Å². The molecule has 1 saturated heterocycles. The van der Waals surface area contributed by atoms with E-state index in [-0.39, 0.29) is 12.1 Å². The van der Waals surface area contributed by atoms with E-state index in [9.17, 15) is 4.79 Å². The van der Waals surface area contributed by atoms with Crippen molar-refractivity contribution in [3.05, 3.63) is 11.4 Å². The van der Waals surface area contributed by atoms with E-state index in [0.717, 1.165) is 43.2 Å². The van der Waals surface area contributed by atoms with Gasteiger partial charge in [0.15, 0.2) is 0 Å². The average molecular weight is 308 g/mol. The standard InChI is InChI=1S/C16H28N4O2/c1-6-20-13(5)15(12(4)18-20)17-16(21)19-8-7-9-22-14(10-19)11(2)3/h11,14H,6-10H2,1-5H3,(H,17,21). The molecule has 1 atom stereocenters. The van der Waals surface area contributed by atoms with Gasteiger partial charge in [-0.05, 0) is 33.1 Å². The molecule has 124 valence electrons. The van der Waals surface area contributed by atoms with Gasteiger partial charge in [0.1, 0.15) is 0 Å². The minimum atomic E-state index is -0.0574. The van der Waals surface area contributed by atoms with Crippen LogP contribution in [0.15, 0.2) is 0 Å². The molecule has 6 heteroatoms. The highest BCUT2D eigenvalue weighted by atomic mass is 16.5. The molecule has 1 fully saturated rings. The summed E-state index contributed by atoms with van der Waals surface area (Å²) in [6, 6.07) is -0.0574. The Labute approximate surface area is 132 Å². The van der Waals surface area contributed by atoms with Crippen LogP contribution >= 0.6 is 0 Å². The molecule has 6 nitrogen and oxygen atoms in total. The van der Waals surface area contributed by atoms with E-state index in [1.807, 2.05) is 30.4 Å². The monoisotopic (exact) mass is 308 g/mol. The Morgan fingerprint density at radius 3 is 2.77 bits per heavy atom. The zero-order valence-corrected chi connectivity index (χ0v) is 14.3. The molecule has 1 aliphatic heterocycles. The number of anilines is 1. The fraction of sp³-hybridized carbons (Fsp3) is 0.750. The van der Waals surface area contributed by atoms with Crippen molar-refractivity contribution in [1.29, 1.82) is 0 Å². The first-order chi connectivity index (χ1) is 10.4. The zero-order chi connectivity index (χ0) is 16.3. The summed E-state index contributed by atoms with van der Waals surface area (Å²) in [4.78, 5) is 14.5. The molecule has 1 unspecified atom stereocenters. The number of urea groups is 1. The summed E-state index contributed by atoms with van der Waals surface area (Å²) in [6.07, 6.45) is 0.983. The molecule has 2 rings (SSSR count). The van der Waals surface area contributed by atoms with Gasteiger partial charge in [-0.15, -0.1) is 0 Å². The number of aromatic nitrogens is 2. The molecule has 1 aromatic heterocycles. The largest absolute Gasteiger partial charge is 0.376 e. The summed E-state index contributed by atoms with van der Waals surface area (Å²) in [6.45, 7) is 13.1. The molecule has 0 aliphatic carbocycles. The summed E-state index contributed by atoms with van der Waals surface area (Å²) in [5, 5.41) is 7.49. The molecule has 2 heterocycles. The first kappa shape index (κ1) is 16.8. The number of hydrogen-bond acceptors (Lipinski definition) is 3. The SMILES string of the molecule is CCn1nc(C)c(NC(=O)N2CCCOC(C(C)C)C2)c1C. The molecule has 0 bridgehead atoms. The number of nitrogens with zero attached hydrogens (tertiary/aromatic N) is 3. The quantitative estimate of drug-likeness (QED) is 0.934. The van der Waals surface area contributed by atoms with Crippen LogP contribution < -0.4 is 5.32 Å². The highest BCUT2D eigenvalue weighted by Crippen LogP contribution is 2.21. The second-order valence-electron chi connectivity index (χ2n) is 6.24. The van der Waals surface area contributed by atoms with Gasteiger partial charge in [0, 0.05) is 26.2 Å². The van der Waals surface area contributed by atoms with Gasteiger partial charge in [0.2, 0.25) is 0 Å². The smallest absolute Gasteiger partial charge is 0.322 e. The molecule has 0 aromatic carbocycles. The molecular weight excluding hydrogens is 280 g/mol. The number of amides is 2. The van der Waals surface area contributed by atoms with Gasteiger partial charge in [0.25, 0.3) is 0 Å². The molecule has 1 aromatic rings. The van der Waals surface area contributed by atoms with Gasteiger partial charge in [-0.3, -0.25) is 4.68 Å². The number of ether oxygens (including phenoxy) is 1. The number of carbonyl (C=O) groups is 1. The third-order valence-corrected chi connectivity index (χ3v) is 4.25. The Hall–Kier alpha value is -1.56. The fourth-order valence-corrected chi connectivity index (χ4v) is 2.81. The lowest BCUT2D eigenvalue weighted by atomic mass is 10.1. The molecular formula is C16H28N4O2. The van der Waals surface area contributed by atoms with Crippen LogP contribution in [-0.4, -0.2) is 46.5 Å². The van der Waals surface area contributed by atoms with Crippen LogP contribution in [0.5, 0.6) is 0 Å². The molecule has 2 amide bonds. The van der Waals surface area contributed by atoms with E-state index < -0.39 is 0 Å². The van der Waals surface area contributed by atoms with Gasteiger partial charge in [-0.1, -0.05) is 13.8 Å². The molecule has 0 radical (unpaired) electrons. The van der Waals surface area contributed by atoms with Crippen molar-refractivity contribution in [1.82, 2.24) is 14.7 Å². The van der Waals surface area contributed by atoms with Crippen LogP contribution in [0.3, 0.4) is 0 Å². The summed E-state index contributed by atoms with van der Waals surface area (Å²) < 4.78 is 7.74. The van der Waals surface area contributed by atoms with E-state index in [4.69, 9.17) is 4.74 Å². The van der Waals surface area contributed by atoms with Crippen LogP contribution in [0.4, 0.5) is 10.5 Å². The second-order valence-corrected chi connectivity index (χ2v) is 6.24. The number of nitrogens with one attached hydrogen (secondary N) is 1. The maximum atomic E-state index is 12.6. The van der Waals surface area contributed by atoms with Crippen molar-refractivity contribution in [3.63, 3.8) is 0 Å². The fourth-order valence-electron chi connectivity index (χ4n) is 2.81. The van der Waals surface area contributed by atoms with Crippen LogP contribution in [0.2, 0.25) is 0 Å². The van der Waals surface area contributed by atoms with Crippen molar-refractivity contribution >= 4 is 11.7 Å². The maximum absolute atomic E-state index is 12.6. The third kappa shape index (κ3) is 3.61. The number of hydrogen-bond donors (Lipinski definition) is 1. The summed E-state index contributed by atoms with van der Waals surface area (Å²) in [5.41, 5.74) is 2.69. The van der Waals surface area contributed by atoms with Crippen molar-refractivity contribution in [2.45, 2.75) is 53.7 Å². The Morgan fingerprint density at radius 2 is 2.18 bits per heavy atom. The number of carbonyl (C=O) groups excluding carboxylic acids is 1. The highest BCUT2D eigenvalue weighted by molar-refractivity contribution is 5.90. The second kappa shape index (κ2) is 7.13. The van der Waals surface area contributed by atoms with Crippen molar-refractivity contribution in [2.75, 3.05) is 25.0 Å². The Morgan fingerprint density at radius 1 is 1.45 bits per heavy atom. The lowest BCUT2D eigenvalue weighted by molar-refractivity contribution is 0.0273. The van der Waals surface area contributed by atoms with Crippen molar-refractivity contribution < 1.29 is 9.53 Å². The maximum Gasteiger partial charge on any atom is 0.322 e. The molecule has 1 aliphatic rings. The van der Waals surface area contributed by atoms with Crippen LogP contribution in [-0.2, 0) is 11.3 Å². The van der Waals surface area contributed by atoms with Gasteiger partial charge in [-0.2, -0.15) is 5.10 Å². The first-order valence-corrected chi connectivity index (χ1v) is 8.15. The van der Waals surface area contributed by atoms with Gasteiger partial charge < -0.3 is 15.0 Å².